The van der Waals surface area contributed by atoms with E-state index in [1.54, 1.807) is 12.4 Å². The summed E-state index contributed by atoms with van der Waals surface area (Å²) in [6, 6.07) is 8.09. The number of nitrogens with zero attached hydrogens (tertiary/aromatic N) is 3. The van der Waals surface area contributed by atoms with Crippen LogP contribution in [-0.4, -0.2) is 26.5 Å². The number of nitrogens with one attached hydrogen (secondary N) is 2. The normalized spacial score (nSPS) is 11.0. The van der Waals surface area contributed by atoms with E-state index >= 15 is 0 Å². The average Bonchev–Trinajstić information content (AvgIpc) is 2.91. The Kier molecular flexibility index (Phi) is 4.07. The zero-order valence-electron chi connectivity index (χ0n) is 11.7. The average molecular weight is 282 g/mol. The Morgan fingerprint density at radius 2 is 1.95 bits per heavy atom. The predicted octanol–water partition coefficient (Wildman–Crippen LogP) is 1.66. The van der Waals surface area contributed by atoms with Crippen LogP contribution in [0.3, 0.4) is 0 Å². The van der Waals surface area contributed by atoms with Crippen molar-refractivity contribution in [2.45, 2.75) is 19.4 Å². The maximum absolute atomic E-state index is 5.45. The number of aromatic amines is 1. The molecule has 0 saturated heterocycles. The first-order chi connectivity index (χ1) is 10.3. The number of nitrogen functional groups attached to an aromatic ring is 1. The molecule has 0 aliphatic heterocycles. The highest BCUT2D eigenvalue weighted by atomic mass is 15.0. The Balaban J connectivity index is 1.42. The van der Waals surface area contributed by atoms with Crippen molar-refractivity contribution in [1.82, 2.24) is 25.3 Å². The lowest BCUT2D eigenvalue weighted by Crippen LogP contribution is -2.16. The Bertz CT molecular complexity index is 671. The lowest BCUT2D eigenvalue weighted by atomic mass is 10.3. The SMILES string of the molecule is Nc1ncc(CNCCCc2nc3ccccc3[nH]2)cn1. The molecule has 0 spiro atoms. The van der Waals surface area contributed by atoms with E-state index in [1.807, 2.05) is 24.3 Å². The largest absolute Gasteiger partial charge is 0.368 e. The number of benzene rings is 1. The molecule has 6 nitrogen and oxygen atoms in total. The number of hydrogen-bond donors (Lipinski definition) is 3. The van der Waals surface area contributed by atoms with Crippen molar-refractivity contribution in [3.05, 3.63) is 48.0 Å². The van der Waals surface area contributed by atoms with Crippen LogP contribution in [0, 0.1) is 0 Å². The highest BCUT2D eigenvalue weighted by Crippen LogP contribution is 2.11. The van der Waals surface area contributed by atoms with Crippen LogP contribution in [0.4, 0.5) is 5.95 Å². The molecule has 21 heavy (non-hydrogen) atoms. The van der Waals surface area contributed by atoms with Gasteiger partial charge in [0, 0.05) is 30.9 Å². The highest BCUT2D eigenvalue weighted by Gasteiger charge is 2.01. The molecule has 0 radical (unpaired) electrons. The zero-order chi connectivity index (χ0) is 14.5. The molecule has 6 heteroatoms. The summed E-state index contributed by atoms with van der Waals surface area (Å²) < 4.78 is 0. The van der Waals surface area contributed by atoms with Crippen LogP contribution in [0.15, 0.2) is 36.7 Å². The van der Waals surface area contributed by atoms with Crippen LogP contribution >= 0.6 is 0 Å². The molecule has 0 saturated carbocycles. The van der Waals surface area contributed by atoms with Crippen molar-refractivity contribution in [2.75, 3.05) is 12.3 Å². The summed E-state index contributed by atoms with van der Waals surface area (Å²) in [6.45, 7) is 1.67. The maximum Gasteiger partial charge on any atom is 0.219 e. The smallest absolute Gasteiger partial charge is 0.219 e. The van der Waals surface area contributed by atoms with Crippen molar-refractivity contribution in [3.63, 3.8) is 0 Å². The second-order valence-electron chi connectivity index (χ2n) is 4.93. The summed E-state index contributed by atoms with van der Waals surface area (Å²) >= 11 is 0. The molecule has 3 rings (SSSR count). The molecule has 0 amide bonds. The molecular formula is C15H18N6. The molecular weight excluding hydrogens is 264 g/mol. The third-order valence-electron chi connectivity index (χ3n) is 3.26. The molecule has 108 valence electrons. The van der Waals surface area contributed by atoms with Gasteiger partial charge in [-0.05, 0) is 25.1 Å². The quantitative estimate of drug-likeness (QED) is 0.598. The van der Waals surface area contributed by atoms with Gasteiger partial charge in [-0.25, -0.2) is 15.0 Å². The van der Waals surface area contributed by atoms with Gasteiger partial charge in [0.1, 0.15) is 5.82 Å². The number of anilines is 1. The van der Waals surface area contributed by atoms with Gasteiger partial charge >= 0.3 is 0 Å². The van der Waals surface area contributed by atoms with E-state index in [9.17, 15) is 0 Å². The topological polar surface area (TPSA) is 92.5 Å². The van der Waals surface area contributed by atoms with Crippen LogP contribution in [0.25, 0.3) is 11.0 Å². The van der Waals surface area contributed by atoms with Crippen LogP contribution in [0.2, 0.25) is 0 Å². The number of rotatable bonds is 6. The molecule has 2 aromatic heterocycles. The van der Waals surface area contributed by atoms with Gasteiger partial charge in [-0.2, -0.15) is 0 Å². The van der Waals surface area contributed by atoms with Crippen molar-refractivity contribution in [2.24, 2.45) is 0 Å². The van der Waals surface area contributed by atoms with Crippen molar-refractivity contribution < 1.29 is 0 Å². The lowest BCUT2D eigenvalue weighted by molar-refractivity contribution is 0.639. The third-order valence-corrected chi connectivity index (χ3v) is 3.26. The minimum atomic E-state index is 0.309. The first-order valence-corrected chi connectivity index (χ1v) is 7.02. The minimum absolute atomic E-state index is 0.309. The van der Waals surface area contributed by atoms with E-state index in [2.05, 4.69) is 25.3 Å². The summed E-state index contributed by atoms with van der Waals surface area (Å²) in [5, 5.41) is 3.36. The number of aromatic nitrogens is 4. The fraction of sp³-hybridized carbons (Fsp3) is 0.267. The molecule has 0 atom stereocenters. The number of fused-ring (bicyclic) bond motifs is 1. The van der Waals surface area contributed by atoms with Gasteiger partial charge in [-0.1, -0.05) is 12.1 Å². The second kappa shape index (κ2) is 6.32. The number of para-hydroxylation sites is 2. The van der Waals surface area contributed by atoms with E-state index < -0.39 is 0 Å². The summed E-state index contributed by atoms with van der Waals surface area (Å²) in [4.78, 5) is 15.8. The number of nitrogens with two attached hydrogens (primary N) is 1. The monoisotopic (exact) mass is 282 g/mol. The second-order valence-corrected chi connectivity index (χ2v) is 4.93. The molecule has 2 heterocycles. The fourth-order valence-electron chi connectivity index (χ4n) is 2.19. The Morgan fingerprint density at radius 3 is 2.76 bits per heavy atom. The highest BCUT2D eigenvalue weighted by molar-refractivity contribution is 5.74. The number of imidazole rings is 1. The minimum Gasteiger partial charge on any atom is -0.368 e. The van der Waals surface area contributed by atoms with Gasteiger partial charge in [0.15, 0.2) is 0 Å². The van der Waals surface area contributed by atoms with Gasteiger partial charge in [0.05, 0.1) is 11.0 Å². The standard InChI is InChI=1S/C15H18N6/c16-15-18-9-11(10-19-15)8-17-7-3-6-14-20-12-4-1-2-5-13(12)21-14/h1-2,4-5,9-10,17H,3,6-8H2,(H,20,21)(H2,16,18,19). The van der Waals surface area contributed by atoms with Crippen LogP contribution in [0.5, 0.6) is 0 Å². The lowest BCUT2D eigenvalue weighted by Gasteiger charge is -2.03. The van der Waals surface area contributed by atoms with Gasteiger partial charge in [0.2, 0.25) is 5.95 Å². The van der Waals surface area contributed by atoms with Gasteiger partial charge in [-0.15, -0.1) is 0 Å². The molecule has 0 unspecified atom stereocenters. The Morgan fingerprint density at radius 1 is 1.14 bits per heavy atom. The summed E-state index contributed by atoms with van der Waals surface area (Å²) in [7, 11) is 0. The molecule has 4 N–H and O–H groups in total. The van der Waals surface area contributed by atoms with E-state index in [0.717, 1.165) is 48.4 Å². The molecule has 0 bridgehead atoms. The van der Waals surface area contributed by atoms with E-state index in [0.29, 0.717) is 5.95 Å². The van der Waals surface area contributed by atoms with Crippen molar-refractivity contribution in [1.29, 1.82) is 0 Å². The summed E-state index contributed by atoms with van der Waals surface area (Å²) in [5.74, 6) is 1.34. The van der Waals surface area contributed by atoms with Crippen LogP contribution < -0.4 is 11.1 Å². The van der Waals surface area contributed by atoms with Crippen molar-refractivity contribution in [3.8, 4) is 0 Å². The number of aryl methyl sites for hydroxylation is 1. The predicted molar refractivity (Wildman–Crippen MR) is 82.6 cm³/mol. The van der Waals surface area contributed by atoms with Gasteiger partial charge in [-0.3, -0.25) is 0 Å². The number of hydrogen-bond acceptors (Lipinski definition) is 5. The molecule has 0 aliphatic rings. The van der Waals surface area contributed by atoms with Crippen LogP contribution in [0.1, 0.15) is 17.8 Å². The fourth-order valence-corrected chi connectivity index (χ4v) is 2.19. The van der Waals surface area contributed by atoms with E-state index in [-0.39, 0.29) is 0 Å². The zero-order valence-corrected chi connectivity index (χ0v) is 11.7. The van der Waals surface area contributed by atoms with Crippen molar-refractivity contribution >= 4 is 17.0 Å². The summed E-state index contributed by atoms with van der Waals surface area (Å²) in [5.41, 5.74) is 8.61. The third kappa shape index (κ3) is 3.55. The molecule has 0 fully saturated rings. The number of H-pyrrole nitrogens is 1. The van der Waals surface area contributed by atoms with E-state index in [1.165, 1.54) is 0 Å². The molecule has 3 aromatic rings. The summed E-state index contributed by atoms with van der Waals surface area (Å²) in [6.07, 6.45) is 5.44. The maximum atomic E-state index is 5.45. The first-order valence-electron chi connectivity index (χ1n) is 7.02. The molecule has 0 aliphatic carbocycles. The Hall–Kier alpha value is -2.47. The van der Waals surface area contributed by atoms with Crippen LogP contribution in [-0.2, 0) is 13.0 Å². The molecule has 1 aromatic carbocycles. The van der Waals surface area contributed by atoms with Gasteiger partial charge < -0.3 is 16.0 Å². The van der Waals surface area contributed by atoms with Gasteiger partial charge in [0.25, 0.3) is 0 Å². The van der Waals surface area contributed by atoms with E-state index in [4.69, 9.17) is 5.73 Å². The Labute approximate surface area is 122 Å². The first kappa shape index (κ1) is 13.5.